The third-order valence-corrected chi connectivity index (χ3v) is 2.97. The van der Waals surface area contributed by atoms with Crippen LogP contribution in [0.3, 0.4) is 0 Å². The summed E-state index contributed by atoms with van der Waals surface area (Å²) < 4.78 is 39.0. The Morgan fingerprint density at radius 3 is 2.61 bits per heavy atom. The van der Waals surface area contributed by atoms with Gasteiger partial charge in [0.2, 0.25) is 0 Å². The quantitative estimate of drug-likeness (QED) is 0.827. The lowest BCUT2D eigenvalue weighted by molar-refractivity contribution is -0.138. The van der Waals surface area contributed by atoms with Crippen LogP contribution in [0.25, 0.3) is 0 Å². The van der Waals surface area contributed by atoms with E-state index in [2.05, 4.69) is 27.8 Å². The van der Waals surface area contributed by atoms with Crippen LogP contribution in [0.15, 0.2) is 22.7 Å². The summed E-state index contributed by atoms with van der Waals surface area (Å²) in [5.74, 6) is 5.49. The molecule has 1 aromatic carbocycles. The molecule has 1 atom stereocenters. The molecule has 0 fully saturated rings. The van der Waals surface area contributed by atoms with Gasteiger partial charge in [0.05, 0.1) is 5.56 Å². The number of hydrogen-bond donors (Lipinski definition) is 1. The van der Waals surface area contributed by atoms with E-state index in [1.54, 1.807) is 13.0 Å². The van der Waals surface area contributed by atoms with Crippen LogP contribution < -0.4 is 5.73 Å². The van der Waals surface area contributed by atoms with E-state index in [1.165, 1.54) is 6.07 Å². The molecular formula is C13H13BrF3N. The Kier molecular flexibility index (Phi) is 5.24. The molecule has 0 spiro atoms. The number of benzene rings is 1. The van der Waals surface area contributed by atoms with Crippen molar-refractivity contribution in [3.8, 4) is 11.8 Å². The molecule has 18 heavy (non-hydrogen) atoms. The number of nitrogens with two attached hydrogens (primary N) is 1. The maximum Gasteiger partial charge on any atom is 0.416 e. The van der Waals surface area contributed by atoms with Crippen LogP contribution in [0.2, 0.25) is 0 Å². The summed E-state index contributed by atoms with van der Waals surface area (Å²) in [6, 6.07) is 3.38. The van der Waals surface area contributed by atoms with Crippen LogP contribution in [0.1, 0.15) is 36.9 Å². The molecule has 1 nitrogen and oxygen atoms in total. The molecule has 0 aliphatic carbocycles. The molecule has 0 aliphatic rings. The van der Waals surface area contributed by atoms with Gasteiger partial charge in [0.15, 0.2) is 0 Å². The van der Waals surface area contributed by atoms with Gasteiger partial charge in [0, 0.05) is 16.9 Å². The third-order valence-electron chi connectivity index (χ3n) is 2.48. The SMILES string of the molecule is CC#CCCC(N)c1ccc(Br)cc1C(F)(F)F. The summed E-state index contributed by atoms with van der Waals surface area (Å²) in [5, 5.41) is 0. The van der Waals surface area contributed by atoms with Crippen molar-refractivity contribution >= 4 is 15.9 Å². The summed E-state index contributed by atoms with van der Waals surface area (Å²) in [4.78, 5) is 0. The normalized spacial score (nSPS) is 12.8. The Labute approximate surface area is 113 Å². The molecule has 0 bridgehead atoms. The van der Waals surface area contributed by atoms with Gasteiger partial charge in [0.1, 0.15) is 0 Å². The molecule has 0 radical (unpaired) electrons. The molecule has 5 heteroatoms. The predicted molar refractivity (Wildman–Crippen MR) is 68.8 cm³/mol. The highest BCUT2D eigenvalue weighted by Crippen LogP contribution is 2.36. The summed E-state index contributed by atoms with van der Waals surface area (Å²) in [6.45, 7) is 1.69. The first-order valence-electron chi connectivity index (χ1n) is 5.38. The van der Waals surface area contributed by atoms with Gasteiger partial charge in [-0.25, -0.2) is 0 Å². The average molecular weight is 320 g/mol. The first-order chi connectivity index (χ1) is 8.36. The van der Waals surface area contributed by atoms with Crippen molar-refractivity contribution in [2.45, 2.75) is 32.0 Å². The van der Waals surface area contributed by atoms with Crippen LogP contribution in [-0.2, 0) is 6.18 Å². The van der Waals surface area contributed by atoms with Gasteiger partial charge in [0.25, 0.3) is 0 Å². The molecule has 0 saturated heterocycles. The average Bonchev–Trinajstić information content (AvgIpc) is 2.28. The first-order valence-corrected chi connectivity index (χ1v) is 6.17. The minimum Gasteiger partial charge on any atom is -0.324 e. The Hall–Kier alpha value is -0.990. The van der Waals surface area contributed by atoms with Crippen molar-refractivity contribution in [2.24, 2.45) is 5.73 Å². The van der Waals surface area contributed by atoms with Crippen LogP contribution in [0.4, 0.5) is 13.2 Å². The van der Waals surface area contributed by atoms with E-state index in [0.29, 0.717) is 17.3 Å². The minimum atomic E-state index is -4.40. The molecule has 0 aromatic heterocycles. The Bertz CT molecular complexity index is 471. The smallest absolute Gasteiger partial charge is 0.324 e. The largest absolute Gasteiger partial charge is 0.416 e. The Morgan fingerprint density at radius 2 is 2.06 bits per heavy atom. The molecule has 0 heterocycles. The highest BCUT2D eigenvalue weighted by Gasteiger charge is 2.34. The topological polar surface area (TPSA) is 26.0 Å². The van der Waals surface area contributed by atoms with Crippen molar-refractivity contribution in [2.75, 3.05) is 0 Å². The Balaban J connectivity index is 3.03. The zero-order valence-electron chi connectivity index (χ0n) is 9.81. The van der Waals surface area contributed by atoms with E-state index in [9.17, 15) is 13.2 Å². The molecule has 1 aromatic rings. The molecule has 98 valence electrons. The van der Waals surface area contributed by atoms with E-state index in [1.807, 2.05) is 0 Å². The molecule has 2 N–H and O–H groups in total. The summed E-state index contributed by atoms with van der Waals surface area (Å²) in [7, 11) is 0. The van der Waals surface area contributed by atoms with Gasteiger partial charge in [-0.2, -0.15) is 13.2 Å². The second-order valence-corrected chi connectivity index (χ2v) is 4.72. The molecular weight excluding hydrogens is 307 g/mol. The second kappa shape index (κ2) is 6.26. The molecule has 0 aliphatic heterocycles. The van der Waals surface area contributed by atoms with Crippen molar-refractivity contribution in [3.05, 3.63) is 33.8 Å². The third kappa shape index (κ3) is 4.04. The van der Waals surface area contributed by atoms with E-state index in [-0.39, 0.29) is 5.56 Å². The standard InChI is InChI=1S/C13H13BrF3N/c1-2-3-4-5-12(18)10-7-6-9(14)8-11(10)13(15,16)17/h6-8,12H,4-5,18H2,1H3. The van der Waals surface area contributed by atoms with Gasteiger partial charge in [-0.15, -0.1) is 11.8 Å². The zero-order chi connectivity index (χ0) is 13.8. The number of halogens is 4. The highest BCUT2D eigenvalue weighted by molar-refractivity contribution is 9.10. The van der Waals surface area contributed by atoms with Crippen molar-refractivity contribution < 1.29 is 13.2 Å². The van der Waals surface area contributed by atoms with Gasteiger partial charge >= 0.3 is 6.18 Å². The van der Waals surface area contributed by atoms with Crippen LogP contribution in [0, 0.1) is 11.8 Å². The van der Waals surface area contributed by atoms with Gasteiger partial charge < -0.3 is 5.73 Å². The number of rotatable bonds is 3. The van der Waals surface area contributed by atoms with Crippen molar-refractivity contribution in [3.63, 3.8) is 0 Å². The van der Waals surface area contributed by atoms with Gasteiger partial charge in [-0.05, 0) is 31.0 Å². The zero-order valence-corrected chi connectivity index (χ0v) is 11.4. The molecule has 1 rings (SSSR count). The lowest BCUT2D eigenvalue weighted by atomic mass is 9.97. The van der Waals surface area contributed by atoms with Gasteiger partial charge in [-0.3, -0.25) is 0 Å². The fourth-order valence-corrected chi connectivity index (χ4v) is 1.97. The number of hydrogen-bond acceptors (Lipinski definition) is 1. The minimum absolute atomic E-state index is 0.114. The predicted octanol–water partition coefficient (Wildman–Crippen LogP) is 4.27. The van der Waals surface area contributed by atoms with Crippen molar-refractivity contribution in [1.82, 2.24) is 0 Å². The van der Waals surface area contributed by atoms with E-state index >= 15 is 0 Å². The summed E-state index contributed by atoms with van der Waals surface area (Å²) >= 11 is 3.04. The molecule has 1 unspecified atom stereocenters. The second-order valence-electron chi connectivity index (χ2n) is 3.80. The monoisotopic (exact) mass is 319 g/mol. The van der Waals surface area contributed by atoms with E-state index in [4.69, 9.17) is 5.73 Å². The van der Waals surface area contributed by atoms with Crippen LogP contribution >= 0.6 is 15.9 Å². The summed E-state index contributed by atoms with van der Waals surface area (Å²) in [6.07, 6.45) is -3.50. The van der Waals surface area contributed by atoms with Crippen molar-refractivity contribution in [1.29, 1.82) is 0 Å². The summed E-state index contributed by atoms with van der Waals surface area (Å²) in [5.41, 5.74) is 5.23. The van der Waals surface area contributed by atoms with E-state index in [0.717, 1.165) is 6.07 Å². The fourth-order valence-electron chi connectivity index (χ4n) is 1.61. The number of alkyl halides is 3. The fraction of sp³-hybridized carbons (Fsp3) is 0.385. The molecule has 0 amide bonds. The maximum absolute atomic E-state index is 12.9. The first kappa shape index (κ1) is 15.1. The van der Waals surface area contributed by atoms with Crippen LogP contribution in [0.5, 0.6) is 0 Å². The molecule has 0 saturated carbocycles. The highest BCUT2D eigenvalue weighted by atomic mass is 79.9. The Morgan fingerprint density at radius 1 is 1.39 bits per heavy atom. The van der Waals surface area contributed by atoms with E-state index < -0.39 is 17.8 Å². The van der Waals surface area contributed by atoms with Crippen LogP contribution in [-0.4, -0.2) is 0 Å². The maximum atomic E-state index is 12.9. The van der Waals surface area contributed by atoms with Gasteiger partial charge in [-0.1, -0.05) is 22.0 Å². The lowest BCUT2D eigenvalue weighted by Gasteiger charge is -2.18. The lowest BCUT2D eigenvalue weighted by Crippen LogP contribution is -2.17.